The van der Waals surface area contributed by atoms with Gasteiger partial charge in [-0.05, 0) is 42.9 Å². The predicted molar refractivity (Wildman–Crippen MR) is 81.2 cm³/mol. The molecule has 0 spiro atoms. The average molecular weight is 325 g/mol. The third kappa shape index (κ3) is 4.53. The Morgan fingerprint density at radius 1 is 1.42 bits per heavy atom. The number of nitrogens with zero attached hydrogens (tertiary/aromatic N) is 1. The highest BCUT2D eigenvalue weighted by molar-refractivity contribution is 9.10. The molecule has 2 amide bonds. The van der Waals surface area contributed by atoms with E-state index >= 15 is 0 Å². The van der Waals surface area contributed by atoms with Gasteiger partial charge in [0, 0.05) is 24.1 Å². The van der Waals surface area contributed by atoms with E-state index in [0.29, 0.717) is 6.54 Å². The van der Waals surface area contributed by atoms with Gasteiger partial charge in [0.25, 0.3) is 0 Å². The number of nitrogens with one attached hydrogen (secondary N) is 1. The maximum Gasteiger partial charge on any atom is 0.317 e. The van der Waals surface area contributed by atoms with Gasteiger partial charge in [0.05, 0.1) is 0 Å². The Labute approximate surface area is 123 Å². The van der Waals surface area contributed by atoms with Crippen LogP contribution in [0.5, 0.6) is 0 Å². The number of rotatable bonds is 3. The number of benzene rings is 1. The fourth-order valence-electron chi connectivity index (χ4n) is 2.33. The summed E-state index contributed by atoms with van der Waals surface area (Å²) in [5, 5.41) is 3.01. The standard InChI is InChI=1S/C15H21BrN2O/c1-12-6-9-18(10-7-12)15(19)17-8-5-13-3-2-4-14(16)11-13/h2-4,11-12H,5-10H2,1H3,(H,17,19). The lowest BCUT2D eigenvalue weighted by molar-refractivity contribution is 0.174. The Morgan fingerprint density at radius 3 is 2.84 bits per heavy atom. The summed E-state index contributed by atoms with van der Waals surface area (Å²) in [5.41, 5.74) is 1.24. The van der Waals surface area contributed by atoms with Gasteiger partial charge < -0.3 is 10.2 Å². The summed E-state index contributed by atoms with van der Waals surface area (Å²) in [6.07, 6.45) is 3.12. The smallest absolute Gasteiger partial charge is 0.317 e. The summed E-state index contributed by atoms with van der Waals surface area (Å²) in [5.74, 6) is 0.755. The molecule has 0 aromatic heterocycles. The molecular formula is C15H21BrN2O. The molecule has 1 aliphatic heterocycles. The minimum Gasteiger partial charge on any atom is -0.338 e. The molecule has 19 heavy (non-hydrogen) atoms. The van der Waals surface area contributed by atoms with Crippen LogP contribution in [0.3, 0.4) is 0 Å². The summed E-state index contributed by atoms with van der Waals surface area (Å²) in [6, 6.07) is 8.29. The van der Waals surface area contributed by atoms with E-state index in [-0.39, 0.29) is 6.03 Å². The molecule has 3 nitrogen and oxygen atoms in total. The van der Waals surface area contributed by atoms with E-state index in [0.717, 1.165) is 42.7 Å². The largest absolute Gasteiger partial charge is 0.338 e. The van der Waals surface area contributed by atoms with Gasteiger partial charge in [0.2, 0.25) is 0 Å². The lowest BCUT2D eigenvalue weighted by Gasteiger charge is -2.30. The molecule has 1 saturated heterocycles. The highest BCUT2D eigenvalue weighted by Crippen LogP contribution is 2.16. The number of urea groups is 1. The molecule has 1 aromatic rings. The molecule has 0 saturated carbocycles. The van der Waals surface area contributed by atoms with Crippen LogP contribution < -0.4 is 5.32 Å². The van der Waals surface area contributed by atoms with Crippen LogP contribution in [0.4, 0.5) is 4.79 Å². The molecule has 0 aliphatic carbocycles. The average Bonchev–Trinajstić information content (AvgIpc) is 2.39. The molecule has 2 rings (SSSR count). The fourth-order valence-corrected chi connectivity index (χ4v) is 2.78. The lowest BCUT2D eigenvalue weighted by atomic mass is 10.00. The Bertz CT molecular complexity index is 428. The SMILES string of the molecule is CC1CCN(C(=O)NCCc2cccc(Br)c2)CC1. The van der Waals surface area contributed by atoms with Crippen molar-refractivity contribution in [2.75, 3.05) is 19.6 Å². The molecule has 0 radical (unpaired) electrons. The van der Waals surface area contributed by atoms with E-state index < -0.39 is 0 Å². The zero-order chi connectivity index (χ0) is 13.7. The number of amides is 2. The van der Waals surface area contributed by atoms with Gasteiger partial charge in [-0.1, -0.05) is 35.0 Å². The third-order valence-electron chi connectivity index (χ3n) is 3.65. The number of carbonyl (C=O) groups excluding carboxylic acids is 1. The highest BCUT2D eigenvalue weighted by atomic mass is 79.9. The normalized spacial score (nSPS) is 16.4. The monoisotopic (exact) mass is 324 g/mol. The third-order valence-corrected chi connectivity index (χ3v) is 4.14. The van der Waals surface area contributed by atoms with Crippen molar-refractivity contribution >= 4 is 22.0 Å². The van der Waals surface area contributed by atoms with Crippen molar-refractivity contribution in [3.63, 3.8) is 0 Å². The first-order valence-corrected chi connectivity index (χ1v) is 7.71. The Balaban J connectivity index is 1.72. The Kier molecular flexibility index (Phi) is 5.25. The quantitative estimate of drug-likeness (QED) is 0.907. The van der Waals surface area contributed by atoms with Crippen molar-refractivity contribution < 1.29 is 4.79 Å². The van der Waals surface area contributed by atoms with Crippen LogP contribution in [0.25, 0.3) is 0 Å². The number of likely N-dealkylation sites (tertiary alicyclic amines) is 1. The van der Waals surface area contributed by atoms with E-state index in [1.165, 1.54) is 5.56 Å². The molecule has 4 heteroatoms. The summed E-state index contributed by atoms with van der Waals surface area (Å²) < 4.78 is 1.08. The molecule has 1 aliphatic rings. The van der Waals surface area contributed by atoms with Crippen molar-refractivity contribution in [3.05, 3.63) is 34.3 Å². The maximum atomic E-state index is 12.0. The highest BCUT2D eigenvalue weighted by Gasteiger charge is 2.19. The van der Waals surface area contributed by atoms with Crippen molar-refractivity contribution in [3.8, 4) is 0 Å². The Morgan fingerprint density at radius 2 is 2.16 bits per heavy atom. The van der Waals surface area contributed by atoms with Crippen LogP contribution >= 0.6 is 15.9 Å². The second-order valence-corrected chi connectivity index (χ2v) is 6.20. The first kappa shape index (κ1) is 14.4. The maximum absolute atomic E-state index is 12.0. The van der Waals surface area contributed by atoms with Crippen molar-refractivity contribution in [1.82, 2.24) is 10.2 Å². The molecule has 104 valence electrons. The van der Waals surface area contributed by atoms with Crippen LogP contribution in [0.15, 0.2) is 28.7 Å². The zero-order valence-corrected chi connectivity index (χ0v) is 12.9. The number of carbonyl (C=O) groups is 1. The molecule has 0 bridgehead atoms. The Hall–Kier alpha value is -1.03. The predicted octanol–water partition coefficient (Wildman–Crippen LogP) is 3.43. The van der Waals surface area contributed by atoms with Gasteiger partial charge in [-0.15, -0.1) is 0 Å². The second-order valence-electron chi connectivity index (χ2n) is 5.28. The lowest BCUT2D eigenvalue weighted by Crippen LogP contribution is -2.44. The van der Waals surface area contributed by atoms with Crippen LogP contribution in [-0.4, -0.2) is 30.6 Å². The number of piperidine rings is 1. The number of hydrogen-bond donors (Lipinski definition) is 1. The van der Waals surface area contributed by atoms with Crippen LogP contribution in [0, 0.1) is 5.92 Å². The summed E-state index contributed by atoms with van der Waals surface area (Å²) in [6.45, 7) is 4.73. The van der Waals surface area contributed by atoms with Crippen molar-refractivity contribution in [1.29, 1.82) is 0 Å². The number of hydrogen-bond acceptors (Lipinski definition) is 1. The van der Waals surface area contributed by atoms with E-state index in [9.17, 15) is 4.79 Å². The zero-order valence-electron chi connectivity index (χ0n) is 11.4. The van der Waals surface area contributed by atoms with E-state index in [1.54, 1.807) is 0 Å². The fraction of sp³-hybridized carbons (Fsp3) is 0.533. The number of halogens is 1. The van der Waals surface area contributed by atoms with Gasteiger partial charge in [-0.3, -0.25) is 0 Å². The minimum absolute atomic E-state index is 0.0851. The molecule has 0 atom stereocenters. The second kappa shape index (κ2) is 6.94. The van der Waals surface area contributed by atoms with E-state index in [2.05, 4.69) is 40.3 Å². The van der Waals surface area contributed by atoms with Gasteiger partial charge in [0.1, 0.15) is 0 Å². The minimum atomic E-state index is 0.0851. The molecule has 1 heterocycles. The van der Waals surface area contributed by atoms with Gasteiger partial charge in [-0.2, -0.15) is 0 Å². The van der Waals surface area contributed by atoms with Crippen molar-refractivity contribution in [2.24, 2.45) is 5.92 Å². The summed E-state index contributed by atoms with van der Waals surface area (Å²) >= 11 is 3.46. The van der Waals surface area contributed by atoms with Gasteiger partial charge in [-0.25, -0.2) is 4.79 Å². The van der Waals surface area contributed by atoms with Crippen LogP contribution in [0.1, 0.15) is 25.3 Å². The topological polar surface area (TPSA) is 32.3 Å². The molecule has 1 fully saturated rings. The molecular weight excluding hydrogens is 304 g/mol. The van der Waals surface area contributed by atoms with E-state index in [4.69, 9.17) is 0 Å². The van der Waals surface area contributed by atoms with Crippen LogP contribution in [-0.2, 0) is 6.42 Å². The first-order chi connectivity index (χ1) is 9.15. The van der Waals surface area contributed by atoms with E-state index in [1.807, 2.05) is 17.0 Å². The van der Waals surface area contributed by atoms with Crippen LogP contribution in [0.2, 0.25) is 0 Å². The first-order valence-electron chi connectivity index (χ1n) is 6.92. The molecule has 1 N–H and O–H groups in total. The van der Waals surface area contributed by atoms with Crippen molar-refractivity contribution in [2.45, 2.75) is 26.2 Å². The molecule has 0 unspecified atom stereocenters. The summed E-state index contributed by atoms with van der Waals surface area (Å²) in [7, 11) is 0. The van der Waals surface area contributed by atoms with Gasteiger partial charge in [0.15, 0.2) is 0 Å². The van der Waals surface area contributed by atoms with Gasteiger partial charge >= 0.3 is 6.03 Å². The molecule has 1 aromatic carbocycles. The summed E-state index contributed by atoms with van der Waals surface area (Å²) in [4.78, 5) is 13.9.